The summed E-state index contributed by atoms with van der Waals surface area (Å²) in [5, 5.41) is 7.42. The quantitative estimate of drug-likeness (QED) is 0.820. The van der Waals surface area contributed by atoms with E-state index < -0.39 is 0 Å². The maximum Gasteiger partial charge on any atom is 0.269 e. The molecule has 5 nitrogen and oxygen atoms in total. The molecule has 0 radical (unpaired) electrons. The highest BCUT2D eigenvalue weighted by atomic mass is 16.2. The molecule has 0 saturated carbocycles. The summed E-state index contributed by atoms with van der Waals surface area (Å²) in [6.07, 6.45) is 2.34. The van der Waals surface area contributed by atoms with Crippen LogP contribution in [0, 0.1) is 11.8 Å². The predicted molar refractivity (Wildman–Crippen MR) is 93.6 cm³/mol. The number of carbonyl (C=O) groups is 1. The highest BCUT2D eigenvalue weighted by Gasteiger charge is 2.21. The Morgan fingerprint density at radius 1 is 1.35 bits per heavy atom. The third kappa shape index (κ3) is 5.06. The zero-order valence-electron chi connectivity index (χ0n) is 15.3. The summed E-state index contributed by atoms with van der Waals surface area (Å²) in [5.74, 6) is 1.90. The summed E-state index contributed by atoms with van der Waals surface area (Å²) in [6.45, 7) is 13.0. The van der Waals surface area contributed by atoms with Gasteiger partial charge in [-0.15, -0.1) is 0 Å². The highest BCUT2D eigenvalue weighted by molar-refractivity contribution is 5.92. The van der Waals surface area contributed by atoms with Crippen molar-refractivity contribution in [2.24, 2.45) is 18.9 Å². The van der Waals surface area contributed by atoms with Gasteiger partial charge >= 0.3 is 0 Å². The fraction of sp³-hybridized carbons (Fsp3) is 0.778. The molecule has 2 heterocycles. The Bertz CT molecular complexity index is 513. The molecule has 0 aromatic carbocycles. The van der Waals surface area contributed by atoms with Crippen molar-refractivity contribution in [2.45, 2.75) is 46.5 Å². The summed E-state index contributed by atoms with van der Waals surface area (Å²) < 4.78 is 1.68. The molecule has 0 unspecified atom stereocenters. The van der Waals surface area contributed by atoms with E-state index in [1.165, 1.54) is 19.5 Å². The Balaban J connectivity index is 1.75. The van der Waals surface area contributed by atoms with Crippen molar-refractivity contribution in [2.75, 3.05) is 26.2 Å². The van der Waals surface area contributed by atoms with Crippen LogP contribution < -0.4 is 5.32 Å². The van der Waals surface area contributed by atoms with E-state index in [0.29, 0.717) is 11.6 Å². The molecule has 1 amide bonds. The van der Waals surface area contributed by atoms with Gasteiger partial charge in [-0.25, -0.2) is 0 Å². The molecule has 1 aromatic heterocycles. The molecule has 1 N–H and O–H groups in total. The average Bonchev–Trinajstić information content (AvgIpc) is 2.85. The van der Waals surface area contributed by atoms with Crippen molar-refractivity contribution in [1.82, 2.24) is 20.0 Å². The molecular weight excluding hydrogens is 288 g/mol. The number of aryl methyl sites for hydroxylation is 1. The average molecular weight is 320 g/mol. The number of carbonyl (C=O) groups excluding carboxylic acids is 1. The molecule has 2 rings (SSSR count). The maximum atomic E-state index is 12.3. The van der Waals surface area contributed by atoms with E-state index in [2.05, 4.69) is 43.0 Å². The Hall–Kier alpha value is -1.36. The van der Waals surface area contributed by atoms with Gasteiger partial charge in [0.2, 0.25) is 0 Å². The second kappa shape index (κ2) is 7.95. The molecule has 1 fully saturated rings. The lowest BCUT2D eigenvalue weighted by atomic mass is 9.92. The van der Waals surface area contributed by atoms with Crippen LogP contribution in [0.4, 0.5) is 0 Å². The maximum absolute atomic E-state index is 12.3. The topological polar surface area (TPSA) is 50.2 Å². The van der Waals surface area contributed by atoms with Crippen LogP contribution in [0.25, 0.3) is 0 Å². The van der Waals surface area contributed by atoms with Gasteiger partial charge in [0.1, 0.15) is 5.69 Å². The Morgan fingerprint density at radius 2 is 2.00 bits per heavy atom. The largest absolute Gasteiger partial charge is 0.351 e. The van der Waals surface area contributed by atoms with Gasteiger partial charge in [-0.2, -0.15) is 5.10 Å². The van der Waals surface area contributed by atoms with Gasteiger partial charge in [0.25, 0.3) is 5.91 Å². The number of nitrogens with zero attached hydrogens (tertiary/aromatic N) is 3. The number of likely N-dealkylation sites (tertiary alicyclic amines) is 1. The highest BCUT2D eigenvalue weighted by Crippen LogP contribution is 2.20. The van der Waals surface area contributed by atoms with Crippen molar-refractivity contribution in [3.8, 4) is 0 Å². The van der Waals surface area contributed by atoms with E-state index >= 15 is 0 Å². The minimum atomic E-state index is -0.0210. The van der Waals surface area contributed by atoms with Crippen LogP contribution in [0.15, 0.2) is 6.07 Å². The molecule has 0 spiro atoms. The molecular formula is C18H32N4O. The van der Waals surface area contributed by atoms with Crippen molar-refractivity contribution in [3.63, 3.8) is 0 Å². The van der Waals surface area contributed by atoms with Gasteiger partial charge in [-0.3, -0.25) is 9.48 Å². The monoisotopic (exact) mass is 320 g/mol. The number of piperidine rings is 1. The van der Waals surface area contributed by atoms with Gasteiger partial charge in [0.15, 0.2) is 0 Å². The number of rotatable bonds is 6. The number of aromatic nitrogens is 2. The number of nitrogens with one attached hydrogen (secondary N) is 1. The van der Waals surface area contributed by atoms with E-state index in [1.54, 1.807) is 4.68 Å². The molecule has 1 aromatic rings. The number of amides is 1. The van der Waals surface area contributed by atoms with Crippen molar-refractivity contribution < 1.29 is 4.79 Å². The second-order valence-electron chi connectivity index (χ2n) is 7.55. The van der Waals surface area contributed by atoms with Crippen molar-refractivity contribution in [3.05, 3.63) is 17.5 Å². The predicted octanol–water partition coefficient (Wildman–Crippen LogP) is 2.64. The van der Waals surface area contributed by atoms with Crippen LogP contribution in [0.2, 0.25) is 0 Å². The van der Waals surface area contributed by atoms with Crippen LogP contribution in [-0.4, -0.2) is 46.8 Å². The lowest BCUT2D eigenvalue weighted by molar-refractivity contribution is 0.0938. The smallest absolute Gasteiger partial charge is 0.269 e. The van der Waals surface area contributed by atoms with Crippen molar-refractivity contribution >= 4 is 5.91 Å². The first-order valence-corrected chi connectivity index (χ1v) is 8.91. The van der Waals surface area contributed by atoms with Gasteiger partial charge in [-0.1, -0.05) is 27.7 Å². The van der Waals surface area contributed by atoms with Gasteiger partial charge < -0.3 is 10.2 Å². The van der Waals surface area contributed by atoms with E-state index in [9.17, 15) is 4.79 Å². The summed E-state index contributed by atoms with van der Waals surface area (Å²) in [6, 6.07) is 1.90. The normalized spacial score (nSPS) is 22.5. The second-order valence-corrected chi connectivity index (χ2v) is 7.55. The first-order chi connectivity index (χ1) is 10.9. The van der Waals surface area contributed by atoms with E-state index in [4.69, 9.17) is 0 Å². The number of hydrogen-bond donors (Lipinski definition) is 1. The third-order valence-electron chi connectivity index (χ3n) is 4.60. The van der Waals surface area contributed by atoms with Crippen LogP contribution >= 0.6 is 0 Å². The summed E-state index contributed by atoms with van der Waals surface area (Å²) in [5.41, 5.74) is 1.61. The minimum Gasteiger partial charge on any atom is -0.351 e. The number of hydrogen-bond acceptors (Lipinski definition) is 3. The van der Waals surface area contributed by atoms with E-state index in [1.807, 2.05) is 13.1 Å². The summed E-state index contributed by atoms with van der Waals surface area (Å²) in [4.78, 5) is 14.8. The van der Waals surface area contributed by atoms with Crippen LogP contribution in [-0.2, 0) is 7.05 Å². The van der Waals surface area contributed by atoms with Gasteiger partial charge in [0.05, 0.1) is 5.69 Å². The molecule has 130 valence electrons. The molecule has 2 atom stereocenters. The SMILES string of the molecule is CC(C)c1cc(C(=O)NCCCN2C[C@H](C)C[C@@H](C)C2)n(C)n1. The Morgan fingerprint density at radius 3 is 2.57 bits per heavy atom. The first-order valence-electron chi connectivity index (χ1n) is 8.91. The van der Waals surface area contributed by atoms with Crippen LogP contribution in [0.3, 0.4) is 0 Å². The Kier molecular flexibility index (Phi) is 6.22. The molecule has 5 heteroatoms. The summed E-state index contributed by atoms with van der Waals surface area (Å²) in [7, 11) is 1.83. The fourth-order valence-electron chi connectivity index (χ4n) is 3.55. The molecule has 0 aliphatic carbocycles. The van der Waals surface area contributed by atoms with Gasteiger partial charge in [0, 0.05) is 26.7 Å². The van der Waals surface area contributed by atoms with Crippen LogP contribution in [0.1, 0.15) is 62.6 Å². The van der Waals surface area contributed by atoms with E-state index in [0.717, 1.165) is 37.0 Å². The third-order valence-corrected chi connectivity index (χ3v) is 4.60. The standard InChI is InChI=1S/C18H32N4O/c1-13(2)16-10-17(21(5)20-16)18(23)19-7-6-8-22-11-14(3)9-15(4)12-22/h10,13-15H,6-9,11-12H2,1-5H3,(H,19,23)/t14-,15-/m1/s1. The van der Waals surface area contributed by atoms with Crippen molar-refractivity contribution in [1.29, 1.82) is 0 Å². The van der Waals surface area contributed by atoms with Gasteiger partial charge in [-0.05, 0) is 43.2 Å². The molecule has 1 aliphatic heterocycles. The summed E-state index contributed by atoms with van der Waals surface area (Å²) >= 11 is 0. The zero-order valence-corrected chi connectivity index (χ0v) is 15.3. The molecule has 0 bridgehead atoms. The molecule has 1 saturated heterocycles. The molecule has 1 aliphatic rings. The lowest BCUT2D eigenvalue weighted by Crippen LogP contribution is -2.40. The Labute approximate surface area is 140 Å². The fourth-order valence-corrected chi connectivity index (χ4v) is 3.55. The zero-order chi connectivity index (χ0) is 17.0. The lowest BCUT2D eigenvalue weighted by Gasteiger charge is -2.34. The minimum absolute atomic E-state index is 0.0210. The van der Waals surface area contributed by atoms with E-state index in [-0.39, 0.29) is 5.91 Å². The van der Waals surface area contributed by atoms with Crippen LogP contribution in [0.5, 0.6) is 0 Å². The first kappa shape index (κ1) is 18.0. The molecule has 23 heavy (non-hydrogen) atoms.